The van der Waals surface area contributed by atoms with Crippen LogP contribution >= 0.6 is 0 Å². The van der Waals surface area contributed by atoms with E-state index in [0.29, 0.717) is 23.3 Å². The average Bonchev–Trinajstić information content (AvgIpc) is 3.83. The average molecular weight is 957 g/mol. The third-order valence-corrected chi connectivity index (χ3v) is 15.2. The fourth-order valence-corrected chi connectivity index (χ4v) is 11.8. The summed E-state index contributed by atoms with van der Waals surface area (Å²) in [6, 6.07) is 90.6. The van der Waals surface area contributed by atoms with Gasteiger partial charge >= 0.3 is 0 Å². The first-order valence-corrected chi connectivity index (χ1v) is 25.5. The van der Waals surface area contributed by atoms with Crippen molar-refractivity contribution < 1.29 is 0 Å². The highest BCUT2D eigenvalue weighted by atomic mass is 15.0. The van der Waals surface area contributed by atoms with E-state index in [1.54, 1.807) is 0 Å². The molecule has 0 aliphatic heterocycles. The highest BCUT2D eigenvalue weighted by molar-refractivity contribution is 6.09. The summed E-state index contributed by atoms with van der Waals surface area (Å²) < 4.78 is 2.36. The number of nitrogens with zero attached hydrogens (tertiary/aromatic N) is 6. The second-order valence-electron chi connectivity index (χ2n) is 19.5. The molecule has 0 N–H and O–H groups in total. The quantitative estimate of drug-likeness (QED) is 0.152. The summed E-state index contributed by atoms with van der Waals surface area (Å²) in [5.74, 6) is 2.84. The van der Waals surface area contributed by atoms with Gasteiger partial charge in [0.2, 0.25) is 0 Å². The first-order valence-electron chi connectivity index (χ1n) is 25.5. The van der Waals surface area contributed by atoms with Gasteiger partial charge in [-0.2, -0.15) is 0 Å². The Kier molecular flexibility index (Phi) is 9.91. The van der Waals surface area contributed by atoms with E-state index in [1.807, 2.05) is 54.6 Å². The van der Waals surface area contributed by atoms with Gasteiger partial charge < -0.3 is 4.57 Å². The van der Waals surface area contributed by atoms with Gasteiger partial charge in [-0.05, 0) is 87.0 Å². The molecule has 3 aliphatic rings. The molecule has 0 saturated heterocycles. The summed E-state index contributed by atoms with van der Waals surface area (Å²) in [5.41, 5.74) is 21.5. The minimum atomic E-state index is 0.0741. The van der Waals surface area contributed by atoms with Gasteiger partial charge in [-0.15, -0.1) is 0 Å². The predicted molar refractivity (Wildman–Crippen MR) is 303 cm³/mol. The van der Waals surface area contributed by atoms with Crippen LogP contribution in [0.5, 0.6) is 0 Å². The minimum Gasteiger partial charge on any atom is -0.309 e. The zero-order chi connectivity index (χ0) is 49.4. The van der Waals surface area contributed by atoms with E-state index in [0.717, 1.165) is 56.0 Å². The Balaban J connectivity index is 0.786. The summed E-state index contributed by atoms with van der Waals surface area (Å²) in [6.45, 7) is 0. The second-order valence-corrected chi connectivity index (χ2v) is 19.5. The SMILES string of the molecule is c1ccc(-c2nc(-c3ccc(-c4ccc5c(c4)C4c6ccccc6C5c5cc(-c6nc(-c7ccccc7)nc(-c7ccccc7)n6)ccc54)cc3)cc(-c3cccc(-n4c5ccccc5c5ccccc54)c3)n2)cc1. The molecule has 0 amide bonds. The Morgan fingerprint density at radius 2 is 0.640 bits per heavy atom. The summed E-state index contributed by atoms with van der Waals surface area (Å²) in [7, 11) is 0. The van der Waals surface area contributed by atoms with Crippen LogP contribution in [0, 0.1) is 0 Å². The van der Waals surface area contributed by atoms with Gasteiger partial charge in [0.05, 0.1) is 22.4 Å². The molecular formula is C69H44N6. The van der Waals surface area contributed by atoms with Crippen LogP contribution in [0.25, 0.3) is 107 Å². The van der Waals surface area contributed by atoms with E-state index < -0.39 is 0 Å². The standard InChI is InChI=1S/C69H44N6/c1-4-17-45(18-5-1)66-70-60(42-61(71-66)49-23-16-24-51(39-49)75-62-29-14-12-25-52(62)53-26-13-15-30-63(53)75)44-33-31-43(32-34-44)48-35-37-56-58(40-48)64-54-27-10-11-28-55(54)65(56)59-41-50(36-38-57(59)64)69-73-67(46-19-6-2-7-20-46)72-68(74-69)47-21-8-3-9-22-47/h1-42,64-65H. The molecule has 6 heteroatoms. The van der Waals surface area contributed by atoms with Crippen molar-refractivity contribution in [2.45, 2.75) is 11.8 Å². The van der Waals surface area contributed by atoms with Gasteiger partial charge in [-0.25, -0.2) is 24.9 Å². The lowest BCUT2D eigenvalue weighted by Gasteiger charge is -2.42. The highest BCUT2D eigenvalue weighted by Crippen LogP contribution is 2.56. The number of rotatable bonds is 8. The number of benzene rings is 10. The van der Waals surface area contributed by atoms with Crippen LogP contribution in [0.3, 0.4) is 0 Å². The maximum absolute atomic E-state index is 5.22. The molecular weight excluding hydrogens is 913 g/mol. The topological polar surface area (TPSA) is 69.4 Å². The smallest absolute Gasteiger partial charge is 0.164 e. The van der Waals surface area contributed by atoms with Crippen molar-refractivity contribution in [3.8, 4) is 84.9 Å². The van der Waals surface area contributed by atoms with Crippen molar-refractivity contribution in [3.05, 3.63) is 288 Å². The second kappa shape index (κ2) is 17.4. The first kappa shape index (κ1) is 42.7. The zero-order valence-electron chi connectivity index (χ0n) is 40.6. The van der Waals surface area contributed by atoms with Crippen molar-refractivity contribution in [1.29, 1.82) is 0 Å². The molecule has 0 spiro atoms. The van der Waals surface area contributed by atoms with E-state index in [1.165, 1.54) is 60.8 Å². The fourth-order valence-electron chi connectivity index (χ4n) is 11.8. The molecule has 2 unspecified atom stereocenters. The lowest BCUT2D eigenvalue weighted by molar-refractivity contribution is 0.755. The molecule has 75 heavy (non-hydrogen) atoms. The van der Waals surface area contributed by atoms with Crippen LogP contribution in [0.4, 0.5) is 0 Å². The highest BCUT2D eigenvalue weighted by Gasteiger charge is 2.41. The molecule has 13 aromatic rings. The van der Waals surface area contributed by atoms with Crippen LogP contribution in [0.2, 0.25) is 0 Å². The number of fused-ring (bicyclic) bond motifs is 3. The van der Waals surface area contributed by atoms with E-state index in [9.17, 15) is 0 Å². The number of hydrogen-bond donors (Lipinski definition) is 0. The van der Waals surface area contributed by atoms with Gasteiger partial charge in [-0.3, -0.25) is 0 Å². The van der Waals surface area contributed by atoms with Crippen LogP contribution in [-0.4, -0.2) is 29.5 Å². The summed E-state index contributed by atoms with van der Waals surface area (Å²) >= 11 is 0. The molecule has 6 nitrogen and oxygen atoms in total. The van der Waals surface area contributed by atoms with Gasteiger partial charge in [0.1, 0.15) is 0 Å². The van der Waals surface area contributed by atoms with Gasteiger partial charge in [-0.1, -0.05) is 212 Å². The van der Waals surface area contributed by atoms with Crippen molar-refractivity contribution in [2.75, 3.05) is 0 Å². The fraction of sp³-hybridized carbons (Fsp3) is 0.0290. The normalized spacial score (nSPS) is 14.1. The Morgan fingerprint density at radius 3 is 1.20 bits per heavy atom. The van der Waals surface area contributed by atoms with Crippen LogP contribution < -0.4 is 0 Å². The van der Waals surface area contributed by atoms with Gasteiger partial charge in [0, 0.05) is 61.7 Å². The minimum absolute atomic E-state index is 0.0741. The molecule has 0 saturated carbocycles. The Hall–Kier alpha value is -9.91. The molecule has 2 bridgehead atoms. The lowest BCUT2D eigenvalue weighted by atomic mass is 9.60. The molecule has 0 fully saturated rings. The van der Waals surface area contributed by atoms with Gasteiger partial charge in [0.25, 0.3) is 0 Å². The van der Waals surface area contributed by atoms with E-state index >= 15 is 0 Å². The number of aromatic nitrogens is 6. The van der Waals surface area contributed by atoms with E-state index in [4.69, 9.17) is 24.9 Å². The largest absolute Gasteiger partial charge is 0.309 e. The van der Waals surface area contributed by atoms with E-state index in [-0.39, 0.29) is 11.8 Å². The van der Waals surface area contributed by atoms with Gasteiger partial charge in [0.15, 0.2) is 23.3 Å². The van der Waals surface area contributed by atoms with Crippen LogP contribution in [0.15, 0.2) is 255 Å². The lowest BCUT2D eigenvalue weighted by Crippen LogP contribution is -2.27. The molecule has 2 atom stereocenters. The first-order chi connectivity index (χ1) is 37.2. The zero-order valence-corrected chi connectivity index (χ0v) is 40.6. The molecule has 3 aromatic heterocycles. The summed E-state index contributed by atoms with van der Waals surface area (Å²) in [5, 5.41) is 2.47. The number of hydrogen-bond acceptors (Lipinski definition) is 5. The summed E-state index contributed by atoms with van der Waals surface area (Å²) in [4.78, 5) is 25.6. The van der Waals surface area contributed by atoms with Crippen molar-refractivity contribution in [1.82, 2.24) is 29.5 Å². The molecule has 3 heterocycles. The Labute approximate surface area is 434 Å². The van der Waals surface area contributed by atoms with Crippen molar-refractivity contribution in [3.63, 3.8) is 0 Å². The van der Waals surface area contributed by atoms with Crippen molar-refractivity contribution in [2.24, 2.45) is 0 Å². The van der Waals surface area contributed by atoms with Crippen molar-refractivity contribution >= 4 is 21.8 Å². The third-order valence-electron chi connectivity index (χ3n) is 15.2. The predicted octanol–water partition coefficient (Wildman–Crippen LogP) is 16.4. The van der Waals surface area contributed by atoms with Crippen LogP contribution in [-0.2, 0) is 0 Å². The monoisotopic (exact) mass is 956 g/mol. The molecule has 16 rings (SSSR count). The number of para-hydroxylation sites is 2. The third kappa shape index (κ3) is 7.21. The molecule has 0 radical (unpaired) electrons. The van der Waals surface area contributed by atoms with Crippen LogP contribution in [0.1, 0.15) is 45.2 Å². The maximum Gasteiger partial charge on any atom is 0.164 e. The Morgan fingerprint density at radius 1 is 0.240 bits per heavy atom. The Bertz CT molecular complexity index is 4250. The molecule has 350 valence electrons. The molecule has 10 aromatic carbocycles. The van der Waals surface area contributed by atoms with E-state index in [2.05, 4.69) is 205 Å². The maximum atomic E-state index is 5.22. The molecule has 3 aliphatic carbocycles. The summed E-state index contributed by atoms with van der Waals surface area (Å²) in [6.07, 6.45) is 0.